The van der Waals surface area contributed by atoms with Gasteiger partial charge in [0.25, 0.3) is 5.91 Å². The number of amides is 2. The maximum atomic E-state index is 12.9. The number of hydrogen-bond donors (Lipinski definition) is 1. The molecule has 2 aliphatic heterocycles. The summed E-state index contributed by atoms with van der Waals surface area (Å²) in [5, 5.41) is 4.62. The lowest BCUT2D eigenvalue weighted by atomic mass is 10.2. The Morgan fingerprint density at radius 1 is 1.10 bits per heavy atom. The van der Waals surface area contributed by atoms with Gasteiger partial charge in [-0.2, -0.15) is 4.31 Å². The molecule has 1 aromatic heterocycles. The van der Waals surface area contributed by atoms with E-state index in [2.05, 4.69) is 5.32 Å². The van der Waals surface area contributed by atoms with Gasteiger partial charge in [0.15, 0.2) is 0 Å². The van der Waals surface area contributed by atoms with Gasteiger partial charge in [-0.05, 0) is 48.9 Å². The molecule has 154 valence electrons. The Bertz CT molecular complexity index is 1060. The summed E-state index contributed by atoms with van der Waals surface area (Å²) in [7, 11) is -3.70. The van der Waals surface area contributed by atoms with Gasteiger partial charge in [0.05, 0.1) is 10.7 Å². The molecule has 2 amide bonds. The van der Waals surface area contributed by atoms with E-state index in [1.165, 1.54) is 10.4 Å². The Morgan fingerprint density at radius 2 is 1.86 bits per heavy atom. The van der Waals surface area contributed by atoms with Crippen molar-refractivity contribution < 1.29 is 18.0 Å². The van der Waals surface area contributed by atoms with Gasteiger partial charge in [-0.25, -0.2) is 8.42 Å². The second-order valence-electron chi connectivity index (χ2n) is 6.99. The van der Waals surface area contributed by atoms with Crippen molar-refractivity contribution in [3.05, 3.63) is 39.5 Å². The molecule has 29 heavy (non-hydrogen) atoms. The third-order valence-electron chi connectivity index (χ3n) is 5.10. The fourth-order valence-electron chi connectivity index (χ4n) is 3.61. The second kappa shape index (κ2) is 8.06. The summed E-state index contributed by atoms with van der Waals surface area (Å²) in [6.45, 7) is 1.56. The number of nitrogens with one attached hydrogen (secondary N) is 1. The first-order valence-electron chi connectivity index (χ1n) is 9.37. The number of rotatable bonds is 5. The second-order valence-corrected chi connectivity index (χ2v) is 10.2. The smallest absolute Gasteiger partial charge is 0.267 e. The van der Waals surface area contributed by atoms with Crippen molar-refractivity contribution in [1.29, 1.82) is 0 Å². The molecule has 2 aromatic rings. The monoisotopic (exact) mass is 453 g/mol. The van der Waals surface area contributed by atoms with E-state index in [1.807, 2.05) is 0 Å². The van der Waals surface area contributed by atoms with Crippen LogP contribution in [0.4, 0.5) is 11.4 Å². The van der Waals surface area contributed by atoms with Crippen LogP contribution in [-0.4, -0.2) is 44.2 Å². The number of sulfonamides is 1. The SMILES string of the molecule is O=C(Nc1cc(N2CCCC2=O)ccc1Cl)c1sccc1S(=O)(=O)N1CCCC1. The van der Waals surface area contributed by atoms with Crippen LogP contribution in [0, 0.1) is 0 Å². The summed E-state index contributed by atoms with van der Waals surface area (Å²) >= 11 is 7.31. The largest absolute Gasteiger partial charge is 0.320 e. The first kappa shape index (κ1) is 20.3. The molecule has 1 N–H and O–H groups in total. The van der Waals surface area contributed by atoms with E-state index in [9.17, 15) is 18.0 Å². The van der Waals surface area contributed by atoms with Crippen LogP contribution >= 0.6 is 22.9 Å². The molecule has 0 saturated carbocycles. The third kappa shape index (κ3) is 3.92. The Labute approximate surface area is 178 Å². The predicted molar refractivity (Wildman–Crippen MR) is 113 cm³/mol. The van der Waals surface area contributed by atoms with Gasteiger partial charge >= 0.3 is 0 Å². The number of halogens is 1. The van der Waals surface area contributed by atoms with Gasteiger partial charge in [0, 0.05) is 31.7 Å². The maximum Gasteiger partial charge on any atom is 0.267 e. The average molecular weight is 454 g/mol. The third-order valence-corrected chi connectivity index (χ3v) is 8.41. The Balaban J connectivity index is 1.60. The minimum Gasteiger partial charge on any atom is -0.320 e. The fourth-order valence-corrected chi connectivity index (χ4v) is 6.59. The number of thiophene rings is 1. The van der Waals surface area contributed by atoms with Crippen LogP contribution in [0.5, 0.6) is 0 Å². The number of carbonyl (C=O) groups excluding carboxylic acids is 2. The first-order chi connectivity index (χ1) is 13.9. The van der Waals surface area contributed by atoms with Gasteiger partial charge in [0.2, 0.25) is 15.9 Å². The Hall–Kier alpha value is -1.94. The zero-order valence-electron chi connectivity index (χ0n) is 15.6. The van der Waals surface area contributed by atoms with Crippen LogP contribution in [-0.2, 0) is 14.8 Å². The molecule has 10 heteroatoms. The molecule has 0 bridgehead atoms. The zero-order chi connectivity index (χ0) is 20.6. The van der Waals surface area contributed by atoms with E-state index in [-0.39, 0.29) is 15.7 Å². The molecule has 2 fully saturated rings. The van der Waals surface area contributed by atoms with E-state index in [0.29, 0.717) is 42.5 Å². The van der Waals surface area contributed by atoms with Crippen LogP contribution in [0.3, 0.4) is 0 Å². The van der Waals surface area contributed by atoms with Crippen LogP contribution in [0.1, 0.15) is 35.4 Å². The molecular weight excluding hydrogens is 434 g/mol. The van der Waals surface area contributed by atoms with Crippen LogP contribution in [0.25, 0.3) is 0 Å². The van der Waals surface area contributed by atoms with Crippen molar-refractivity contribution in [2.75, 3.05) is 29.9 Å². The predicted octanol–water partition coefficient (Wildman–Crippen LogP) is 3.57. The molecule has 3 heterocycles. The van der Waals surface area contributed by atoms with Crippen LogP contribution in [0.15, 0.2) is 34.5 Å². The van der Waals surface area contributed by atoms with Crippen molar-refractivity contribution in [2.45, 2.75) is 30.6 Å². The van der Waals surface area contributed by atoms with E-state index in [1.54, 1.807) is 28.5 Å². The summed E-state index contributed by atoms with van der Waals surface area (Å²) in [4.78, 5) is 26.7. The minimum absolute atomic E-state index is 0.0175. The summed E-state index contributed by atoms with van der Waals surface area (Å²) in [6, 6.07) is 6.46. The van der Waals surface area contributed by atoms with Crippen molar-refractivity contribution >= 4 is 56.2 Å². The molecule has 2 aliphatic rings. The van der Waals surface area contributed by atoms with Gasteiger partial charge in [-0.15, -0.1) is 11.3 Å². The van der Waals surface area contributed by atoms with Gasteiger partial charge in [-0.1, -0.05) is 11.6 Å². The highest BCUT2D eigenvalue weighted by atomic mass is 35.5. The fraction of sp³-hybridized carbons (Fsp3) is 0.368. The average Bonchev–Trinajstić information content (AvgIpc) is 3.45. The number of hydrogen-bond acceptors (Lipinski definition) is 5. The molecule has 7 nitrogen and oxygen atoms in total. The molecule has 0 spiro atoms. The quantitative estimate of drug-likeness (QED) is 0.749. The highest BCUT2D eigenvalue weighted by Crippen LogP contribution is 2.32. The number of carbonyl (C=O) groups is 2. The molecule has 2 saturated heterocycles. The van der Waals surface area contributed by atoms with E-state index >= 15 is 0 Å². The standard InChI is InChI=1S/C19H20ClN3O4S2/c20-14-6-5-13(23-10-3-4-17(23)24)12-15(14)21-19(25)18-16(7-11-28-18)29(26,27)22-8-1-2-9-22/h5-7,11-12H,1-4,8-10H2,(H,21,25). The lowest BCUT2D eigenvalue weighted by molar-refractivity contribution is -0.117. The number of anilines is 2. The summed E-state index contributed by atoms with van der Waals surface area (Å²) in [5.41, 5.74) is 0.995. The Morgan fingerprint density at radius 3 is 2.55 bits per heavy atom. The minimum atomic E-state index is -3.70. The highest BCUT2D eigenvalue weighted by Gasteiger charge is 2.32. The topological polar surface area (TPSA) is 86.8 Å². The summed E-state index contributed by atoms with van der Waals surface area (Å²) in [6.07, 6.45) is 2.93. The van der Waals surface area contributed by atoms with Gasteiger partial charge in [-0.3, -0.25) is 9.59 Å². The molecule has 0 aliphatic carbocycles. The molecule has 0 atom stereocenters. The molecule has 0 unspecified atom stereocenters. The van der Waals surface area contributed by atoms with Crippen molar-refractivity contribution in [1.82, 2.24) is 4.31 Å². The van der Waals surface area contributed by atoms with Crippen molar-refractivity contribution in [2.24, 2.45) is 0 Å². The molecule has 1 aromatic carbocycles. The first-order valence-corrected chi connectivity index (χ1v) is 12.1. The van der Waals surface area contributed by atoms with Crippen LogP contribution < -0.4 is 10.2 Å². The van der Waals surface area contributed by atoms with Crippen LogP contribution in [0.2, 0.25) is 5.02 Å². The van der Waals surface area contributed by atoms with E-state index in [0.717, 1.165) is 30.6 Å². The number of nitrogens with zero attached hydrogens (tertiary/aromatic N) is 2. The summed E-state index contributed by atoms with van der Waals surface area (Å²) in [5.74, 6) is -0.508. The lowest BCUT2D eigenvalue weighted by Crippen LogP contribution is -2.29. The zero-order valence-corrected chi connectivity index (χ0v) is 17.9. The van der Waals surface area contributed by atoms with Crippen molar-refractivity contribution in [3.8, 4) is 0 Å². The van der Waals surface area contributed by atoms with E-state index in [4.69, 9.17) is 11.6 Å². The van der Waals surface area contributed by atoms with Crippen molar-refractivity contribution in [3.63, 3.8) is 0 Å². The van der Waals surface area contributed by atoms with E-state index < -0.39 is 15.9 Å². The molecule has 4 rings (SSSR count). The molecular formula is C19H20ClN3O4S2. The lowest BCUT2D eigenvalue weighted by Gasteiger charge is -2.18. The molecule has 0 radical (unpaired) electrons. The highest BCUT2D eigenvalue weighted by molar-refractivity contribution is 7.89. The summed E-state index contributed by atoms with van der Waals surface area (Å²) < 4.78 is 27.2. The van der Waals surface area contributed by atoms with Gasteiger partial charge < -0.3 is 10.2 Å². The van der Waals surface area contributed by atoms with Gasteiger partial charge in [0.1, 0.15) is 9.77 Å². The maximum absolute atomic E-state index is 12.9. The normalized spacial score (nSPS) is 17.8. The Kier molecular flexibility index (Phi) is 5.65. The number of benzene rings is 1.